The van der Waals surface area contributed by atoms with Crippen LogP contribution in [0.5, 0.6) is 0 Å². The van der Waals surface area contributed by atoms with Crippen LogP contribution in [-0.4, -0.2) is 120 Å². The number of guanidine groups is 2. The Bertz CT molecular complexity index is 2410. The first-order chi connectivity index (χ1) is 34.3. The van der Waals surface area contributed by atoms with Gasteiger partial charge in [0.1, 0.15) is 30.2 Å². The summed E-state index contributed by atoms with van der Waals surface area (Å²) in [7, 11) is 0. The lowest BCUT2D eigenvalue weighted by Gasteiger charge is -2.30. The summed E-state index contributed by atoms with van der Waals surface area (Å²) in [5, 5.41) is 19.3. The van der Waals surface area contributed by atoms with E-state index in [1.165, 1.54) is 24.0 Å². The molecule has 4 rings (SSSR count). The molecule has 5 atom stereocenters. The van der Waals surface area contributed by atoms with E-state index in [1.54, 1.807) is 26.8 Å². The van der Waals surface area contributed by atoms with E-state index in [9.17, 15) is 38.4 Å². The lowest BCUT2D eigenvalue weighted by molar-refractivity contribution is -0.142. The molecule has 15 N–H and O–H groups in total. The predicted octanol–water partition coefficient (Wildman–Crippen LogP) is -0.0643. The maximum absolute atomic E-state index is 14.0. The van der Waals surface area contributed by atoms with Gasteiger partial charge in [0.05, 0.1) is 6.54 Å². The van der Waals surface area contributed by atoms with E-state index in [1.807, 2.05) is 60.7 Å². The van der Waals surface area contributed by atoms with Crippen molar-refractivity contribution in [1.29, 1.82) is 0 Å². The summed E-state index contributed by atoms with van der Waals surface area (Å²) in [5.41, 5.74) is 24.7. The highest BCUT2D eigenvalue weighted by atomic mass is 16.2. The van der Waals surface area contributed by atoms with Crippen molar-refractivity contribution in [2.75, 3.05) is 31.5 Å². The van der Waals surface area contributed by atoms with Gasteiger partial charge in [-0.3, -0.25) is 48.3 Å². The monoisotopic (exact) mass is 995 g/mol. The SMILES string of the molecule is CC(=O)NCC(=O)NC(CCCN=C(N)N)C(=O)N1CCCC1C(=O)NC(CCCN=C(N)N)C(=O)Nc1ccc(C(=O)NC(C(=O)NC(Cc2ccccc2)C(=O)NCc2ccccc2)C(C)C)cc1C. The number of aliphatic imine (C=N–C) groups is 2. The number of amides is 8. The molecule has 1 aliphatic rings. The molecule has 5 unspecified atom stereocenters. The zero-order valence-corrected chi connectivity index (χ0v) is 41.4. The number of nitrogens with zero attached hydrogens (tertiary/aromatic N) is 3. The van der Waals surface area contributed by atoms with E-state index >= 15 is 0 Å². The molecule has 1 saturated heterocycles. The van der Waals surface area contributed by atoms with Crippen LogP contribution in [0.4, 0.5) is 5.69 Å². The average Bonchev–Trinajstić information content (AvgIpc) is 3.84. The van der Waals surface area contributed by atoms with E-state index in [4.69, 9.17) is 22.9 Å². The molecule has 8 amide bonds. The number of likely N-dealkylation sites (tertiary alicyclic amines) is 1. The van der Waals surface area contributed by atoms with E-state index < -0.39 is 71.6 Å². The molecule has 0 aromatic heterocycles. The van der Waals surface area contributed by atoms with Crippen LogP contribution in [0, 0.1) is 12.8 Å². The molecule has 0 spiro atoms. The number of hydrogen-bond acceptors (Lipinski definition) is 10. The van der Waals surface area contributed by atoms with E-state index in [0.717, 1.165) is 11.1 Å². The molecule has 22 heteroatoms. The zero-order valence-electron chi connectivity index (χ0n) is 41.4. The Morgan fingerprint density at radius 3 is 1.89 bits per heavy atom. The van der Waals surface area contributed by atoms with Crippen LogP contribution in [0.25, 0.3) is 0 Å². The molecule has 1 heterocycles. The summed E-state index contributed by atoms with van der Waals surface area (Å²) in [6.45, 7) is 6.91. The molecular weight excluding hydrogens is 925 g/mol. The van der Waals surface area contributed by atoms with Gasteiger partial charge >= 0.3 is 0 Å². The molecule has 0 saturated carbocycles. The summed E-state index contributed by atoms with van der Waals surface area (Å²) >= 11 is 0. The Kier molecular flexibility index (Phi) is 22.4. The average molecular weight is 995 g/mol. The second-order valence-corrected chi connectivity index (χ2v) is 17.8. The topological polar surface area (TPSA) is 353 Å². The van der Waals surface area contributed by atoms with Gasteiger partial charge in [-0.25, -0.2) is 0 Å². The molecule has 388 valence electrons. The van der Waals surface area contributed by atoms with Gasteiger partial charge in [0.2, 0.25) is 41.4 Å². The third-order valence-corrected chi connectivity index (χ3v) is 11.7. The fourth-order valence-corrected chi connectivity index (χ4v) is 7.91. The Morgan fingerprint density at radius 2 is 1.31 bits per heavy atom. The molecular formula is C50H70N14O8. The Hall–Kier alpha value is -8.04. The van der Waals surface area contributed by atoms with E-state index in [0.29, 0.717) is 24.1 Å². The number of hydrogen-bond donors (Lipinski definition) is 11. The van der Waals surface area contributed by atoms with Gasteiger partial charge in [-0.2, -0.15) is 0 Å². The minimum absolute atomic E-state index is 0.0979. The van der Waals surface area contributed by atoms with Crippen molar-refractivity contribution in [3.8, 4) is 0 Å². The van der Waals surface area contributed by atoms with Gasteiger partial charge in [-0.1, -0.05) is 74.5 Å². The maximum atomic E-state index is 14.0. The smallest absolute Gasteiger partial charge is 0.251 e. The van der Waals surface area contributed by atoms with E-state index in [-0.39, 0.29) is 94.1 Å². The number of carbonyl (C=O) groups is 8. The highest BCUT2D eigenvalue weighted by Gasteiger charge is 2.39. The third-order valence-electron chi connectivity index (χ3n) is 11.7. The molecule has 1 fully saturated rings. The van der Waals surface area contributed by atoms with Crippen molar-refractivity contribution < 1.29 is 38.4 Å². The van der Waals surface area contributed by atoms with Crippen molar-refractivity contribution >= 4 is 64.9 Å². The molecule has 0 radical (unpaired) electrons. The molecule has 3 aromatic rings. The third kappa shape index (κ3) is 18.7. The largest absolute Gasteiger partial charge is 0.370 e. The van der Waals surface area contributed by atoms with Crippen LogP contribution < -0.4 is 60.2 Å². The van der Waals surface area contributed by atoms with Gasteiger partial charge in [-0.05, 0) is 86.3 Å². The number of anilines is 1. The highest BCUT2D eigenvalue weighted by Crippen LogP contribution is 2.22. The van der Waals surface area contributed by atoms with Gasteiger partial charge < -0.3 is 65.1 Å². The first-order valence-electron chi connectivity index (χ1n) is 24.0. The Balaban J connectivity index is 1.46. The van der Waals surface area contributed by atoms with E-state index in [2.05, 4.69) is 47.2 Å². The first kappa shape index (κ1) is 56.5. The minimum atomic E-state index is -1.13. The van der Waals surface area contributed by atoms with Crippen molar-refractivity contribution in [1.82, 2.24) is 36.8 Å². The van der Waals surface area contributed by atoms with Gasteiger partial charge in [0, 0.05) is 50.8 Å². The van der Waals surface area contributed by atoms with Crippen molar-refractivity contribution in [2.45, 2.75) is 109 Å². The van der Waals surface area contributed by atoms with Crippen molar-refractivity contribution in [3.05, 3.63) is 101 Å². The minimum Gasteiger partial charge on any atom is -0.370 e. The second-order valence-electron chi connectivity index (χ2n) is 17.8. The molecule has 0 aliphatic carbocycles. The van der Waals surface area contributed by atoms with Gasteiger partial charge in [0.25, 0.3) is 5.91 Å². The number of benzene rings is 3. The number of aryl methyl sites for hydroxylation is 1. The maximum Gasteiger partial charge on any atom is 0.251 e. The van der Waals surface area contributed by atoms with Gasteiger partial charge in [0.15, 0.2) is 11.9 Å². The lowest BCUT2D eigenvalue weighted by Crippen LogP contribution is -2.56. The van der Waals surface area contributed by atoms with Gasteiger partial charge in [-0.15, -0.1) is 0 Å². The summed E-state index contributed by atoms with van der Waals surface area (Å²) < 4.78 is 0. The summed E-state index contributed by atoms with van der Waals surface area (Å²) in [5.74, 6) is -4.93. The Morgan fingerprint density at radius 1 is 0.694 bits per heavy atom. The normalized spacial score (nSPS) is 14.6. The molecule has 72 heavy (non-hydrogen) atoms. The van der Waals surface area contributed by atoms with Crippen LogP contribution in [0.1, 0.15) is 86.3 Å². The number of nitrogens with two attached hydrogens (primary N) is 4. The fourth-order valence-electron chi connectivity index (χ4n) is 7.91. The fraction of sp³-hybridized carbons (Fsp3) is 0.440. The zero-order chi connectivity index (χ0) is 52.7. The predicted molar refractivity (Wildman–Crippen MR) is 273 cm³/mol. The summed E-state index contributed by atoms with van der Waals surface area (Å²) in [6, 6.07) is 18.1. The summed E-state index contributed by atoms with van der Waals surface area (Å²) in [4.78, 5) is 117. The van der Waals surface area contributed by atoms with Crippen molar-refractivity contribution in [2.24, 2.45) is 38.8 Å². The van der Waals surface area contributed by atoms with Crippen LogP contribution in [-0.2, 0) is 46.5 Å². The Labute approximate surface area is 419 Å². The molecule has 3 aromatic carbocycles. The second kappa shape index (κ2) is 28.6. The van der Waals surface area contributed by atoms with Crippen LogP contribution in [0.15, 0.2) is 88.8 Å². The quantitative estimate of drug-likeness (QED) is 0.0286. The number of nitrogens with one attached hydrogen (secondary N) is 7. The molecule has 1 aliphatic heterocycles. The summed E-state index contributed by atoms with van der Waals surface area (Å²) in [6.07, 6.45) is 1.78. The highest BCUT2D eigenvalue weighted by molar-refractivity contribution is 6.02. The number of carbonyl (C=O) groups excluding carboxylic acids is 8. The standard InChI is InChI=1S/C50H70N14O8/c1-30(2)42(47(71)62-39(27-33-14-7-5-8-15-33)44(68)58-28-34-16-9-6-10-17-34)63-43(67)35-21-22-36(31(3)26-35)60-45(69)37(18-11-23-55-49(51)52)61-46(70)40-20-13-25-64(40)48(72)38(19-12-24-56-50(53)54)59-41(66)29-57-32(4)65/h5-10,14-17,21-22,26,30,37-40,42H,11-13,18-20,23-25,27-29H2,1-4H3,(H,57,65)(H,58,68)(H,59,66)(H,60,69)(H,61,70)(H,62,71)(H,63,67)(H4,51,52,55)(H4,53,54,56). The van der Waals surface area contributed by atoms with Crippen LogP contribution in [0.2, 0.25) is 0 Å². The number of rotatable bonds is 26. The molecule has 22 nitrogen and oxygen atoms in total. The molecule has 0 bridgehead atoms. The lowest BCUT2D eigenvalue weighted by atomic mass is 10.00. The first-order valence-corrected chi connectivity index (χ1v) is 24.0. The van der Waals surface area contributed by atoms with Crippen LogP contribution >= 0.6 is 0 Å². The van der Waals surface area contributed by atoms with Crippen LogP contribution in [0.3, 0.4) is 0 Å². The van der Waals surface area contributed by atoms with Crippen molar-refractivity contribution in [3.63, 3.8) is 0 Å².